The summed E-state index contributed by atoms with van der Waals surface area (Å²) in [5.41, 5.74) is -0.615. The number of carbonyl (C=O) groups is 1. The maximum Gasteiger partial charge on any atom is 0.339 e. The smallest absolute Gasteiger partial charge is 0.339 e. The van der Waals surface area contributed by atoms with Crippen LogP contribution >= 0.6 is 22.6 Å². The number of hydrogen-bond donors (Lipinski definition) is 1. The molecule has 64 valence electrons. The van der Waals surface area contributed by atoms with Gasteiger partial charge in [-0.25, -0.2) is 13.6 Å². The molecule has 0 radical (unpaired) electrons. The maximum atomic E-state index is 12.8. The molecule has 1 rings (SSSR count). The van der Waals surface area contributed by atoms with Gasteiger partial charge in [0.1, 0.15) is 5.56 Å². The van der Waals surface area contributed by atoms with Crippen molar-refractivity contribution in [3.05, 3.63) is 32.9 Å². The van der Waals surface area contributed by atoms with Gasteiger partial charge in [-0.2, -0.15) is 0 Å². The van der Waals surface area contributed by atoms with Gasteiger partial charge in [-0.1, -0.05) is 0 Å². The van der Waals surface area contributed by atoms with E-state index >= 15 is 0 Å². The summed E-state index contributed by atoms with van der Waals surface area (Å²) in [4.78, 5) is 10.4. The fourth-order valence-corrected chi connectivity index (χ4v) is 1.37. The standard InChI is InChI=1S/C7H3F2IO2/c8-3-1-2-4(10)5(6(3)9)7(11)12/h1-2H,(H,11,12). The topological polar surface area (TPSA) is 37.3 Å². The zero-order valence-corrected chi connectivity index (χ0v) is 7.80. The summed E-state index contributed by atoms with van der Waals surface area (Å²) in [6.45, 7) is 0. The molecule has 0 saturated carbocycles. The van der Waals surface area contributed by atoms with Crippen LogP contribution in [0.15, 0.2) is 12.1 Å². The first-order valence-corrected chi connectivity index (χ1v) is 3.98. The minimum atomic E-state index is -1.46. The summed E-state index contributed by atoms with van der Waals surface area (Å²) in [5, 5.41) is 8.46. The van der Waals surface area contributed by atoms with Gasteiger partial charge >= 0.3 is 5.97 Å². The number of halogens is 3. The summed E-state index contributed by atoms with van der Waals surface area (Å²) in [6, 6.07) is 2.10. The Morgan fingerprint density at radius 2 is 2.00 bits per heavy atom. The summed E-state index contributed by atoms with van der Waals surface area (Å²) < 4.78 is 25.4. The van der Waals surface area contributed by atoms with Gasteiger partial charge in [-0.15, -0.1) is 0 Å². The molecular weight excluding hydrogens is 281 g/mol. The van der Waals surface area contributed by atoms with E-state index in [2.05, 4.69) is 0 Å². The minimum absolute atomic E-state index is 0.180. The Labute approximate surface area is 80.3 Å². The number of carboxylic acid groups (broad SMARTS) is 1. The van der Waals surface area contributed by atoms with Crippen LogP contribution in [0.2, 0.25) is 0 Å². The molecule has 1 aromatic carbocycles. The lowest BCUT2D eigenvalue weighted by molar-refractivity contribution is 0.0689. The lowest BCUT2D eigenvalue weighted by atomic mass is 10.2. The molecule has 0 aromatic heterocycles. The first-order chi connectivity index (χ1) is 5.54. The summed E-state index contributed by atoms with van der Waals surface area (Å²) >= 11 is 1.63. The van der Waals surface area contributed by atoms with Crippen LogP contribution in [0.4, 0.5) is 8.78 Å². The van der Waals surface area contributed by atoms with Crippen molar-refractivity contribution in [2.75, 3.05) is 0 Å². The highest BCUT2D eigenvalue weighted by atomic mass is 127. The van der Waals surface area contributed by atoms with Crippen LogP contribution in [0.3, 0.4) is 0 Å². The summed E-state index contributed by atoms with van der Waals surface area (Å²) in [5.74, 6) is -3.92. The second-order valence-electron chi connectivity index (χ2n) is 2.02. The van der Waals surface area contributed by atoms with E-state index < -0.39 is 23.2 Å². The van der Waals surface area contributed by atoms with Crippen LogP contribution in [0.5, 0.6) is 0 Å². The molecule has 0 amide bonds. The largest absolute Gasteiger partial charge is 0.478 e. The highest BCUT2D eigenvalue weighted by molar-refractivity contribution is 14.1. The lowest BCUT2D eigenvalue weighted by Crippen LogP contribution is -2.05. The molecule has 0 bridgehead atoms. The van der Waals surface area contributed by atoms with Crippen LogP contribution in [0.1, 0.15) is 10.4 Å². The van der Waals surface area contributed by atoms with Crippen LogP contribution in [0, 0.1) is 15.2 Å². The Hall–Kier alpha value is -0.720. The zero-order chi connectivity index (χ0) is 9.30. The first-order valence-electron chi connectivity index (χ1n) is 2.91. The molecule has 1 aromatic rings. The summed E-state index contributed by atoms with van der Waals surface area (Å²) in [6.07, 6.45) is 0. The molecule has 0 heterocycles. The molecule has 12 heavy (non-hydrogen) atoms. The second-order valence-corrected chi connectivity index (χ2v) is 3.19. The first kappa shape index (κ1) is 9.37. The average Bonchev–Trinajstić information content (AvgIpc) is 1.97. The molecule has 2 nitrogen and oxygen atoms in total. The van der Waals surface area contributed by atoms with E-state index in [1.54, 1.807) is 22.6 Å². The van der Waals surface area contributed by atoms with Crippen molar-refractivity contribution in [2.45, 2.75) is 0 Å². The van der Waals surface area contributed by atoms with E-state index in [0.717, 1.165) is 6.07 Å². The van der Waals surface area contributed by atoms with Crippen molar-refractivity contribution in [1.29, 1.82) is 0 Å². The van der Waals surface area contributed by atoms with E-state index in [1.165, 1.54) is 6.07 Å². The molecule has 0 unspecified atom stereocenters. The number of carboxylic acids is 1. The highest BCUT2D eigenvalue weighted by Crippen LogP contribution is 2.18. The third-order valence-electron chi connectivity index (χ3n) is 1.26. The van der Waals surface area contributed by atoms with Crippen molar-refractivity contribution in [1.82, 2.24) is 0 Å². The quantitative estimate of drug-likeness (QED) is 0.634. The Kier molecular flexibility index (Phi) is 2.61. The van der Waals surface area contributed by atoms with Gasteiger partial charge in [-0.05, 0) is 34.7 Å². The van der Waals surface area contributed by atoms with E-state index in [0.29, 0.717) is 0 Å². The molecule has 0 aliphatic heterocycles. The number of rotatable bonds is 1. The van der Waals surface area contributed by atoms with Crippen molar-refractivity contribution in [2.24, 2.45) is 0 Å². The van der Waals surface area contributed by atoms with Crippen molar-refractivity contribution in [3.63, 3.8) is 0 Å². The van der Waals surface area contributed by atoms with Gasteiger partial charge in [0.2, 0.25) is 0 Å². The molecule has 0 aliphatic carbocycles. The molecular formula is C7H3F2IO2. The molecule has 0 saturated heterocycles. The average molecular weight is 284 g/mol. The molecule has 0 aliphatic rings. The number of benzene rings is 1. The van der Waals surface area contributed by atoms with Crippen LogP contribution in [0.25, 0.3) is 0 Å². The van der Waals surface area contributed by atoms with Gasteiger partial charge in [0, 0.05) is 3.57 Å². The molecule has 5 heteroatoms. The van der Waals surface area contributed by atoms with Crippen molar-refractivity contribution >= 4 is 28.6 Å². The third kappa shape index (κ3) is 1.55. The van der Waals surface area contributed by atoms with E-state index in [-0.39, 0.29) is 3.57 Å². The fraction of sp³-hybridized carbons (Fsp3) is 0. The van der Waals surface area contributed by atoms with Crippen LogP contribution < -0.4 is 0 Å². The number of hydrogen-bond acceptors (Lipinski definition) is 1. The third-order valence-corrected chi connectivity index (χ3v) is 2.16. The Morgan fingerprint density at radius 1 is 1.42 bits per heavy atom. The SMILES string of the molecule is O=C(O)c1c(I)ccc(F)c1F. The summed E-state index contributed by atoms with van der Waals surface area (Å²) in [7, 11) is 0. The Bertz CT molecular complexity index is 338. The van der Waals surface area contributed by atoms with Crippen molar-refractivity contribution < 1.29 is 18.7 Å². The Morgan fingerprint density at radius 3 is 2.42 bits per heavy atom. The molecule has 1 N–H and O–H groups in total. The zero-order valence-electron chi connectivity index (χ0n) is 5.64. The Balaban J connectivity index is 3.43. The van der Waals surface area contributed by atoms with Gasteiger partial charge in [0.25, 0.3) is 0 Å². The molecule has 0 atom stereocenters. The predicted octanol–water partition coefficient (Wildman–Crippen LogP) is 2.27. The van der Waals surface area contributed by atoms with E-state index in [4.69, 9.17) is 5.11 Å². The molecule has 0 spiro atoms. The normalized spacial score (nSPS) is 9.92. The fourth-order valence-electron chi connectivity index (χ4n) is 0.723. The predicted molar refractivity (Wildman–Crippen MR) is 46.0 cm³/mol. The van der Waals surface area contributed by atoms with E-state index in [9.17, 15) is 13.6 Å². The minimum Gasteiger partial charge on any atom is -0.478 e. The maximum absolute atomic E-state index is 12.8. The van der Waals surface area contributed by atoms with Crippen LogP contribution in [-0.2, 0) is 0 Å². The molecule has 0 fully saturated rings. The monoisotopic (exact) mass is 284 g/mol. The van der Waals surface area contributed by atoms with Crippen molar-refractivity contribution in [3.8, 4) is 0 Å². The highest BCUT2D eigenvalue weighted by Gasteiger charge is 2.17. The second kappa shape index (κ2) is 3.34. The number of aromatic carboxylic acids is 1. The van der Waals surface area contributed by atoms with Gasteiger partial charge < -0.3 is 5.11 Å². The van der Waals surface area contributed by atoms with E-state index in [1.807, 2.05) is 0 Å². The van der Waals surface area contributed by atoms with Gasteiger partial charge in [0.15, 0.2) is 11.6 Å². The lowest BCUT2D eigenvalue weighted by Gasteiger charge is -2.00. The van der Waals surface area contributed by atoms with Crippen LogP contribution in [-0.4, -0.2) is 11.1 Å². The van der Waals surface area contributed by atoms with Gasteiger partial charge in [0.05, 0.1) is 0 Å². The van der Waals surface area contributed by atoms with Gasteiger partial charge in [-0.3, -0.25) is 0 Å².